The Bertz CT molecular complexity index is 638. The van der Waals surface area contributed by atoms with E-state index in [4.69, 9.17) is 5.41 Å². The number of rotatable bonds is 5. The highest BCUT2D eigenvalue weighted by Gasteiger charge is 2.59. The highest BCUT2D eigenvalue weighted by molar-refractivity contribution is 6.02. The highest BCUT2D eigenvalue weighted by Crippen LogP contribution is 2.51. The number of nitrogens with one attached hydrogen (secondary N) is 2. The van der Waals surface area contributed by atoms with Crippen molar-refractivity contribution < 1.29 is 0 Å². The molecule has 0 amide bonds. The SMILES string of the molecule is CC.CC.CC/C=C/c1ccc(C23CC2N=C(/C=C\C(C)=N)N3)cc1. The molecular formula is C22H33N3. The summed E-state index contributed by atoms with van der Waals surface area (Å²) in [7, 11) is 0. The number of fused-ring (bicyclic) bond motifs is 1. The minimum absolute atomic E-state index is 0.00259. The lowest BCUT2D eigenvalue weighted by atomic mass is 10.0. The summed E-state index contributed by atoms with van der Waals surface area (Å²) >= 11 is 0. The van der Waals surface area contributed by atoms with Gasteiger partial charge in [-0.2, -0.15) is 0 Å². The summed E-state index contributed by atoms with van der Waals surface area (Å²) in [5, 5.41) is 11.0. The molecule has 0 saturated heterocycles. The predicted octanol–water partition coefficient (Wildman–Crippen LogP) is 5.73. The molecule has 1 aliphatic heterocycles. The molecule has 136 valence electrons. The van der Waals surface area contributed by atoms with Crippen LogP contribution in [0.25, 0.3) is 6.08 Å². The zero-order valence-corrected chi connectivity index (χ0v) is 16.6. The van der Waals surface area contributed by atoms with Crippen LogP contribution in [-0.4, -0.2) is 17.6 Å². The largest absolute Gasteiger partial charge is 0.359 e. The fraction of sp³-hybridized carbons (Fsp3) is 0.455. The van der Waals surface area contributed by atoms with E-state index in [-0.39, 0.29) is 5.54 Å². The second-order valence-electron chi connectivity index (χ2n) is 5.78. The van der Waals surface area contributed by atoms with Crippen molar-refractivity contribution in [3.05, 3.63) is 53.6 Å². The van der Waals surface area contributed by atoms with E-state index in [1.807, 2.05) is 33.8 Å². The van der Waals surface area contributed by atoms with Gasteiger partial charge >= 0.3 is 0 Å². The smallest absolute Gasteiger partial charge is 0.122 e. The number of allylic oxidation sites excluding steroid dienone is 2. The topological polar surface area (TPSA) is 48.2 Å². The third kappa shape index (κ3) is 5.15. The first-order valence-corrected chi connectivity index (χ1v) is 9.50. The quantitative estimate of drug-likeness (QED) is 0.661. The van der Waals surface area contributed by atoms with Crippen LogP contribution in [0.2, 0.25) is 0 Å². The number of aliphatic imine (C=N–C) groups is 1. The Morgan fingerprint density at radius 3 is 2.40 bits per heavy atom. The minimum atomic E-state index is 0.00259. The van der Waals surface area contributed by atoms with Crippen molar-refractivity contribution in [2.24, 2.45) is 4.99 Å². The van der Waals surface area contributed by atoms with Crippen LogP contribution in [-0.2, 0) is 5.54 Å². The summed E-state index contributed by atoms with van der Waals surface area (Å²) in [5.74, 6) is 0.896. The van der Waals surface area contributed by atoms with Crippen molar-refractivity contribution in [2.75, 3.05) is 0 Å². The van der Waals surface area contributed by atoms with Gasteiger partial charge in [0.15, 0.2) is 0 Å². The molecule has 0 aromatic heterocycles. The molecule has 2 aliphatic rings. The van der Waals surface area contributed by atoms with E-state index in [2.05, 4.69) is 53.7 Å². The third-order valence-electron chi connectivity index (χ3n) is 4.03. The standard InChI is InChI=1S/C18H21N3.2C2H6/c1-3-4-5-14-7-9-15(10-8-14)18-12-16(18)20-17(21-18)11-6-13(2)19;2*1-2/h4-11,16,19H,3,12H2,1-2H3,(H,20,21);2*1-2H3/b5-4+,11-6-,19-13?;;. The number of nitrogens with zero attached hydrogens (tertiary/aromatic N) is 1. The molecule has 1 saturated carbocycles. The highest BCUT2D eigenvalue weighted by atomic mass is 15.2. The van der Waals surface area contributed by atoms with E-state index in [9.17, 15) is 0 Å². The van der Waals surface area contributed by atoms with E-state index >= 15 is 0 Å². The fourth-order valence-corrected chi connectivity index (χ4v) is 2.78. The monoisotopic (exact) mass is 339 g/mol. The molecular weight excluding hydrogens is 306 g/mol. The average Bonchev–Trinajstić information content (AvgIpc) is 3.23. The van der Waals surface area contributed by atoms with Gasteiger partial charge < -0.3 is 10.7 Å². The second kappa shape index (κ2) is 9.97. The maximum Gasteiger partial charge on any atom is 0.122 e. The lowest BCUT2D eigenvalue weighted by Crippen LogP contribution is -2.31. The van der Waals surface area contributed by atoms with Gasteiger partial charge in [-0.15, -0.1) is 0 Å². The molecule has 2 N–H and O–H groups in total. The number of amidine groups is 1. The van der Waals surface area contributed by atoms with Crippen molar-refractivity contribution in [3.8, 4) is 0 Å². The molecule has 3 rings (SSSR count). The van der Waals surface area contributed by atoms with Gasteiger partial charge in [0.05, 0.1) is 11.6 Å². The normalized spacial score (nSPS) is 23.0. The van der Waals surface area contributed by atoms with Gasteiger partial charge in [-0.3, -0.25) is 4.99 Å². The van der Waals surface area contributed by atoms with Crippen molar-refractivity contribution in [1.29, 1.82) is 5.41 Å². The second-order valence-corrected chi connectivity index (χ2v) is 5.78. The summed E-state index contributed by atoms with van der Waals surface area (Å²) in [6.45, 7) is 11.9. The van der Waals surface area contributed by atoms with Gasteiger partial charge in [0, 0.05) is 12.1 Å². The van der Waals surface area contributed by atoms with E-state index in [1.165, 1.54) is 11.1 Å². The van der Waals surface area contributed by atoms with Crippen LogP contribution in [0, 0.1) is 5.41 Å². The molecule has 0 bridgehead atoms. The van der Waals surface area contributed by atoms with Gasteiger partial charge in [0.1, 0.15) is 5.84 Å². The predicted molar refractivity (Wildman–Crippen MR) is 112 cm³/mol. The Kier molecular flexibility index (Phi) is 8.33. The minimum Gasteiger partial charge on any atom is -0.359 e. The van der Waals surface area contributed by atoms with Crippen LogP contribution < -0.4 is 5.32 Å². The van der Waals surface area contributed by atoms with Gasteiger partial charge in [-0.1, -0.05) is 71.0 Å². The van der Waals surface area contributed by atoms with E-state index in [1.54, 1.807) is 13.0 Å². The van der Waals surface area contributed by atoms with Crippen LogP contribution in [0.1, 0.15) is 65.5 Å². The summed E-state index contributed by atoms with van der Waals surface area (Å²) in [4.78, 5) is 4.66. The summed E-state index contributed by atoms with van der Waals surface area (Å²) in [6, 6.07) is 9.09. The molecule has 0 spiro atoms. The van der Waals surface area contributed by atoms with Crippen molar-refractivity contribution >= 4 is 17.6 Å². The van der Waals surface area contributed by atoms with Crippen LogP contribution in [0.4, 0.5) is 0 Å². The van der Waals surface area contributed by atoms with Crippen molar-refractivity contribution in [2.45, 2.75) is 66.0 Å². The first-order chi connectivity index (χ1) is 12.1. The van der Waals surface area contributed by atoms with E-state index < -0.39 is 0 Å². The number of hydrogen-bond acceptors (Lipinski definition) is 3. The lowest BCUT2D eigenvalue weighted by molar-refractivity contribution is 0.652. The van der Waals surface area contributed by atoms with Crippen LogP contribution in [0.15, 0.2) is 47.5 Å². The van der Waals surface area contributed by atoms with Crippen molar-refractivity contribution in [1.82, 2.24) is 5.32 Å². The average molecular weight is 340 g/mol. The van der Waals surface area contributed by atoms with Crippen LogP contribution in [0.3, 0.4) is 0 Å². The number of benzene rings is 1. The lowest BCUT2D eigenvalue weighted by Gasteiger charge is -2.15. The molecule has 1 aliphatic carbocycles. The van der Waals surface area contributed by atoms with Crippen molar-refractivity contribution in [3.63, 3.8) is 0 Å². The summed E-state index contributed by atoms with van der Waals surface area (Å²) < 4.78 is 0. The maximum atomic E-state index is 7.44. The number of hydrogen-bond donors (Lipinski definition) is 2. The Morgan fingerprint density at radius 2 is 1.84 bits per heavy atom. The van der Waals surface area contributed by atoms with Crippen LogP contribution in [0.5, 0.6) is 0 Å². The van der Waals surface area contributed by atoms with E-state index in [0.717, 1.165) is 18.7 Å². The molecule has 1 fully saturated rings. The molecule has 25 heavy (non-hydrogen) atoms. The molecule has 0 radical (unpaired) electrons. The molecule has 1 aromatic carbocycles. The third-order valence-corrected chi connectivity index (χ3v) is 4.03. The van der Waals surface area contributed by atoms with E-state index in [0.29, 0.717) is 11.8 Å². The molecule has 3 nitrogen and oxygen atoms in total. The Hall–Kier alpha value is -2.16. The molecule has 1 heterocycles. The molecule has 2 unspecified atom stereocenters. The van der Waals surface area contributed by atoms with Gasteiger partial charge in [-0.25, -0.2) is 0 Å². The Morgan fingerprint density at radius 1 is 1.20 bits per heavy atom. The molecule has 2 atom stereocenters. The summed E-state index contributed by atoms with van der Waals surface area (Å²) in [5.41, 5.74) is 3.09. The first kappa shape index (κ1) is 20.9. The first-order valence-electron chi connectivity index (χ1n) is 9.50. The van der Waals surface area contributed by atoms with Crippen LogP contribution >= 0.6 is 0 Å². The Balaban J connectivity index is 0.000000730. The van der Waals surface area contributed by atoms with Gasteiger partial charge in [0.2, 0.25) is 0 Å². The molecule has 1 aromatic rings. The Labute approximate surface area is 153 Å². The van der Waals surface area contributed by atoms with Gasteiger partial charge in [0.25, 0.3) is 0 Å². The van der Waals surface area contributed by atoms with Gasteiger partial charge in [-0.05, 0) is 36.6 Å². The zero-order valence-electron chi connectivity index (χ0n) is 16.6. The maximum absolute atomic E-state index is 7.44. The summed E-state index contributed by atoms with van der Waals surface area (Å²) in [6.07, 6.45) is 10.1. The molecule has 3 heteroatoms. The zero-order chi connectivity index (χ0) is 18.9. The fourth-order valence-electron chi connectivity index (χ4n) is 2.78.